The van der Waals surface area contributed by atoms with Gasteiger partial charge >= 0.3 is 6.18 Å². The SMILES string of the molecule is C[NH+]1CCOC(Cn2ccc3cc(Cl)nnc32)C1.O=C([O-])C(F)(F)F. The van der Waals surface area contributed by atoms with Crippen molar-refractivity contribution >= 4 is 28.6 Å². The number of fused-ring (bicyclic) bond motifs is 1. The zero-order chi connectivity index (χ0) is 18.6. The van der Waals surface area contributed by atoms with Crippen LogP contribution < -0.4 is 10.0 Å². The van der Waals surface area contributed by atoms with E-state index >= 15 is 0 Å². The second-order valence-electron chi connectivity index (χ2n) is 5.60. The van der Waals surface area contributed by atoms with Crippen molar-refractivity contribution in [3.05, 3.63) is 23.5 Å². The monoisotopic (exact) mass is 380 g/mol. The molecule has 11 heteroatoms. The number of carboxylic acid groups (broad SMARTS) is 1. The second-order valence-corrected chi connectivity index (χ2v) is 5.99. The lowest BCUT2D eigenvalue weighted by molar-refractivity contribution is -0.892. The molecule has 0 spiro atoms. The number of carbonyl (C=O) groups excluding carboxylic acids is 1. The van der Waals surface area contributed by atoms with E-state index in [0.717, 1.165) is 37.3 Å². The minimum Gasteiger partial charge on any atom is -0.542 e. The zero-order valence-corrected chi connectivity index (χ0v) is 14.0. The van der Waals surface area contributed by atoms with Gasteiger partial charge in [0.15, 0.2) is 10.8 Å². The molecule has 2 unspecified atom stereocenters. The summed E-state index contributed by atoms with van der Waals surface area (Å²) in [6.45, 7) is 3.75. The molecule has 0 bridgehead atoms. The number of halogens is 4. The van der Waals surface area contributed by atoms with Crippen molar-refractivity contribution in [1.82, 2.24) is 14.8 Å². The fourth-order valence-electron chi connectivity index (χ4n) is 2.39. The summed E-state index contributed by atoms with van der Waals surface area (Å²) in [5, 5.41) is 18.3. The number of carbonyl (C=O) groups is 1. The Labute approximate surface area is 145 Å². The number of hydrogen-bond acceptors (Lipinski definition) is 5. The minimum absolute atomic E-state index is 0.242. The topological polar surface area (TPSA) is 84.5 Å². The molecule has 0 aliphatic carbocycles. The van der Waals surface area contributed by atoms with Gasteiger partial charge in [0, 0.05) is 11.6 Å². The molecule has 3 heterocycles. The first kappa shape index (κ1) is 19.4. The van der Waals surface area contributed by atoms with E-state index in [1.165, 1.54) is 4.90 Å². The smallest absolute Gasteiger partial charge is 0.430 e. The van der Waals surface area contributed by atoms with Crippen LogP contribution in [0.5, 0.6) is 0 Å². The van der Waals surface area contributed by atoms with Gasteiger partial charge in [0.25, 0.3) is 0 Å². The lowest BCUT2D eigenvalue weighted by Gasteiger charge is -2.27. The Morgan fingerprint density at radius 2 is 2.20 bits per heavy atom. The Kier molecular flexibility index (Phi) is 6.20. The molecule has 0 aromatic carbocycles. The first-order valence-corrected chi connectivity index (χ1v) is 7.73. The maximum atomic E-state index is 10.5. The van der Waals surface area contributed by atoms with E-state index in [1.807, 2.05) is 18.3 Å². The first-order valence-electron chi connectivity index (χ1n) is 7.36. The van der Waals surface area contributed by atoms with Gasteiger partial charge in [-0.1, -0.05) is 11.6 Å². The molecule has 2 aromatic rings. The average molecular weight is 381 g/mol. The molecule has 138 valence electrons. The van der Waals surface area contributed by atoms with Gasteiger partial charge in [0.2, 0.25) is 0 Å². The number of aliphatic carboxylic acids is 1. The zero-order valence-electron chi connectivity index (χ0n) is 13.2. The Morgan fingerprint density at radius 1 is 1.52 bits per heavy atom. The number of nitrogens with zero attached hydrogens (tertiary/aromatic N) is 3. The Morgan fingerprint density at radius 3 is 2.80 bits per heavy atom. The van der Waals surface area contributed by atoms with Crippen molar-refractivity contribution < 1.29 is 32.7 Å². The van der Waals surface area contributed by atoms with E-state index in [9.17, 15) is 13.2 Å². The molecule has 2 aromatic heterocycles. The number of alkyl halides is 3. The van der Waals surface area contributed by atoms with E-state index in [2.05, 4.69) is 21.8 Å². The highest BCUT2D eigenvalue weighted by molar-refractivity contribution is 6.29. The number of aromatic nitrogens is 3. The Bertz CT molecular complexity index is 738. The highest BCUT2D eigenvalue weighted by atomic mass is 35.5. The second kappa shape index (κ2) is 7.98. The maximum Gasteiger partial charge on any atom is 0.430 e. The van der Waals surface area contributed by atoms with Crippen LogP contribution in [0.2, 0.25) is 5.15 Å². The maximum absolute atomic E-state index is 10.5. The van der Waals surface area contributed by atoms with Crippen LogP contribution in [0.3, 0.4) is 0 Å². The van der Waals surface area contributed by atoms with Gasteiger partial charge in [0.1, 0.15) is 25.2 Å². The summed E-state index contributed by atoms with van der Waals surface area (Å²) in [5.41, 5.74) is 0.867. The third kappa shape index (κ3) is 5.55. The Balaban J connectivity index is 0.000000277. The van der Waals surface area contributed by atoms with E-state index in [4.69, 9.17) is 26.2 Å². The molecule has 0 radical (unpaired) electrons. The summed E-state index contributed by atoms with van der Waals surface area (Å²) in [5.74, 6) is -3.01. The van der Waals surface area contributed by atoms with Gasteiger partial charge in [-0.05, 0) is 12.1 Å². The normalized spacial score (nSPS) is 20.8. The third-order valence-electron chi connectivity index (χ3n) is 3.57. The van der Waals surface area contributed by atoms with Crippen LogP contribution in [0.25, 0.3) is 11.0 Å². The van der Waals surface area contributed by atoms with Gasteiger partial charge in [-0.3, -0.25) is 0 Å². The fraction of sp³-hybridized carbons (Fsp3) is 0.500. The molecular weight excluding hydrogens is 365 g/mol. The molecule has 3 rings (SSSR count). The van der Waals surface area contributed by atoms with Crippen molar-refractivity contribution in [1.29, 1.82) is 0 Å². The van der Waals surface area contributed by atoms with Gasteiger partial charge in [-0.2, -0.15) is 13.2 Å². The molecule has 1 aliphatic heterocycles. The van der Waals surface area contributed by atoms with E-state index < -0.39 is 12.1 Å². The largest absolute Gasteiger partial charge is 0.542 e. The number of carboxylic acids is 1. The molecule has 25 heavy (non-hydrogen) atoms. The molecular formula is C14H16ClF3N4O3. The van der Waals surface area contributed by atoms with Gasteiger partial charge in [0.05, 0.1) is 20.2 Å². The van der Waals surface area contributed by atoms with E-state index in [1.54, 1.807) is 0 Å². The number of rotatable bonds is 2. The van der Waals surface area contributed by atoms with Crippen molar-refractivity contribution in [2.45, 2.75) is 18.8 Å². The fourth-order valence-corrected chi connectivity index (χ4v) is 2.55. The van der Waals surface area contributed by atoms with Crippen molar-refractivity contribution in [2.75, 3.05) is 26.7 Å². The third-order valence-corrected chi connectivity index (χ3v) is 3.75. The number of ether oxygens (including phenoxy) is 1. The number of likely N-dealkylation sites (N-methyl/N-ethyl adjacent to an activating group) is 1. The van der Waals surface area contributed by atoms with Crippen LogP contribution in [0, 0.1) is 0 Å². The molecule has 7 nitrogen and oxygen atoms in total. The summed E-state index contributed by atoms with van der Waals surface area (Å²) >= 11 is 5.83. The minimum atomic E-state index is -5.19. The molecule has 0 saturated carbocycles. The van der Waals surface area contributed by atoms with Crippen LogP contribution in [0.1, 0.15) is 0 Å². The number of quaternary nitrogens is 1. The molecule has 1 N–H and O–H groups in total. The van der Waals surface area contributed by atoms with Crippen molar-refractivity contribution in [3.8, 4) is 0 Å². The lowest BCUT2D eigenvalue weighted by Crippen LogP contribution is -3.12. The number of hydrogen-bond donors (Lipinski definition) is 1. The van der Waals surface area contributed by atoms with Crippen LogP contribution in [0.4, 0.5) is 13.2 Å². The molecule has 0 amide bonds. The highest BCUT2D eigenvalue weighted by Crippen LogP contribution is 2.16. The Hall–Kier alpha value is -1.91. The summed E-state index contributed by atoms with van der Waals surface area (Å²) in [6.07, 6.45) is -2.94. The summed E-state index contributed by atoms with van der Waals surface area (Å²) in [4.78, 5) is 10.3. The summed E-state index contributed by atoms with van der Waals surface area (Å²) in [7, 11) is 2.20. The molecule has 1 saturated heterocycles. The van der Waals surface area contributed by atoms with Crippen molar-refractivity contribution in [3.63, 3.8) is 0 Å². The van der Waals surface area contributed by atoms with Gasteiger partial charge in [-0.25, -0.2) is 0 Å². The van der Waals surface area contributed by atoms with E-state index in [0.29, 0.717) is 5.15 Å². The van der Waals surface area contributed by atoms with Crippen molar-refractivity contribution in [2.24, 2.45) is 0 Å². The molecule has 1 aliphatic rings. The van der Waals surface area contributed by atoms with E-state index in [-0.39, 0.29) is 6.10 Å². The van der Waals surface area contributed by atoms with Crippen LogP contribution in [0.15, 0.2) is 18.3 Å². The predicted molar refractivity (Wildman–Crippen MR) is 80.0 cm³/mol. The first-order chi connectivity index (χ1) is 11.7. The standard InChI is InChI=1S/C12H15ClN4O.C2HF3O2/c1-16-4-5-18-10(7-16)8-17-3-2-9-6-11(13)14-15-12(9)17;3-2(4,5)1(6)7/h2-3,6,10H,4-5,7-8H2,1H3;(H,6,7). The molecule has 1 fully saturated rings. The van der Waals surface area contributed by atoms with Crippen LogP contribution in [-0.4, -0.2) is 59.8 Å². The van der Waals surface area contributed by atoms with Gasteiger partial charge in [-0.15, -0.1) is 10.2 Å². The highest BCUT2D eigenvalue weighted by Gasteiger charge is 2.28. The molecule has 2 atom stereocenters. The van der Waals surface area contributed by atoms with Crippen LogP contribution in [-0.2, 0) is 16.1 Å². The number of nitrogens with one attached hydrogen (secondary N) is 1. The average Bonchev–Trinajstić information content (AvgIpc) is 2.89. The van der Waals surface area contributed by atoms with Gasteiger partial charge < -0.3 is 24.1 Å². The number of morpholine rings is 1. The lowest BCUT2D eigenvalue weighted by atomic mass is 10.3. The van der Waals surface area contributed by atoms with Crippen LogP contribution >= 0.6 is 11.6 Å². The summed E-state index contributed by atoms with van der Waals surface area (Å²) < 4.78 is 39.4. The predicted octanol–water partition coefficient (Wildman–Crippen LogP) is -0.703. The quantitative estimate of drug-likeness (QED) is 0.744. The summed E-state index contributed by atoms with van der Waals surface area (Å²) in [6, 6.07) is 3.84.